The number of morpholine rings is 1. The molecule has 8 rings (SSSR count). The molecule has 3 aliphatic heterocycles. The van der Waals surface area contributed by atoms with Crippen molar-refractivity contribution in [2.24, 2.45) is 0 Å². The van der Waals surface area contributed by atoms with Gasteiger partial charge in [0.1, 0.15) is 24.4 Å². The van der Waals surface area contributed by atoms with Crippen LogP contribution in [0.3, 0.4) is 0 Å². The fourth-order valence-electron chi connectivity index (χ4n) is 10.6. The van der Waals surface area contributed by atoms with Gasteiger partial charge in [0.15, 0.2) is 5.82 Å². The van der Waals surface area contributed by atoms with Crippen molar-refractivity contribution in [3.05, 3.63) is 116 Å². The van der Waals surface area contributed by atoms with E-state index >= 15 is 0 Å². The molecule has 0 radical (unpaired) electrons. The second-order valence-corrected chi connectivity index (χ2v) is 24.0. The number of aryl methyl sites for hydroxylation is 2. The third-order valence-electron chi connectivity index (χ3n) is 15.3. The monoisotopic (exact) mass is 1240 g/mol. The molecular weight excluding hydrogens is 1160 g/mol. The number of carbonyl (C=O) groups is 6. The molecule has 0 spiro atoms. The number of amides is 3. The van der Waals surface area contributed by atoms with E-state index in [0.29, 0.717) is 73.5 Å². The molecule has 5 aromatic rings. The lowest BCUT2D eigenvalue weighted by molar-refractivity contribution is -0.142. The van der Waals surface area contributed by atoms with Crippen molar-refractivity contribution in [1.82, 2.24) is 35.8 Å². The number of nitrogens with one attached hydrogen (secondary N) is 6. The second-order valence-electron chi connectivity index (χ2n) is 21.4. The summed E-state index contributed by atoms with van der Waals surface area (Å²) in [7, 11) is 4.07. The topological polar surface area (TPSA) is 334 Å². The Balaban J connectivity index is 0.787. The molecule has 5 heterocycles. The number of fused-ring (bicyclic) bond motifs is 1. The van der Waals surface area contributed by atoms with E-state index in [1.54, 1.807) is 31.0 Å². The number of carboxylic acid groups (broad SMARTS) is 2. The number of carbonyl (C=O) groups excluding carboxylic acids is 4. The minimum Gasteiger partial charge on any atom is -0.480 e. The van der Waals surface area contributed by atoms with Crippen LogP contribution in [0.1, 0.15) is 81.3 Å². The van der Waals surface area contributed by atoms with Crippen LogP contribution in [0, 0.1) is 20.8 Å². The summed E-state index contributed by atoms with van der Waals surface area (Å²) in [6, 6.07) is 18.0. The van der Waals surface area contributed by atoms with Crippen molar-refractivity contribution in [3.63, 3.8) is 0 Å². The average Bonchev–Trinajstić information content (AvgIpc) is 1.46. The Bertz CT molecular complexity index is 3320. The molecule has 3 unspecified atom stereocenters. The highest BCUT2D eigenvalue weighted by Gasteiger charge is 2.30. The van der Waals surface area contributed by atoms with Crippen LogP contribution in [0.15, 0.2) is 71.5 Å². The number of nitrogen functional groups attached to an aromatic ring is 1. The van der Waals surface area contributed by atoms with Gasteiger partial charge in [-0.3, -0.25) is 29.1 Å². The number of H-pyrrole nitrogens is 1. The minimum absolute atomic E-state index is 0.00696. The molecule has 2 aromatic heterocycles. The van der Waals surface area contributed by atoms with E-state index < -0.39 is 48.4 Å². The zero-order chi connectivity index (χ0) is 62.1. The van der Waals surface area contributed by atoms with Crippen molar-refractivity contribution >= 4 is 86.2 Å². The fraction of sp³-hybridized carbons (Fsp3) is 0.450. The van der Waals surface area contributed by atoms with Crippen LogP contribution in [0.2, 0.25) is 0 Å². The molecule has 3 aromatic carbocycles. The molecule has 2 saturated heterocycles. The molecular formula is C60H76N12O13S2. The SMILES string of the molecule is CCN(c1cc(-c2cccc(CN3CCOCC3)c2)cc(C(=O)NCc2c(C)cc(C)nc2OC(=O)OCCSSCC(NC(=O)CCC(NC(=O)c2ccc(NCC3CNc4nc(N)[nH]c(=O)c4N3C)cc2)C(=O)O)C(=O)O)c1C)C1CCOCC1. The van der Waals surface area contributed by atoms with Gasteiger partial charge in [-0.25, -0.2) is 19.4 Å². The summed E-state index contributed by atoms with van der Waals surface area (Å²) in [6.07, 6.45) is -0.0129. The van der Waals surface area contributed by atoms with Gasteiger partial charge in [0.25, 0.3) is 17.4 Å². The highest BCUT2D eigenvalue weighted by atomic mass is 33.1. The summed E-state index contributed by atoms with van der Waals surface area (Å²) < 4.78 is 22.3. The summed E-state index contributed by atoms with van der Waals surface area (Å²) in [5.74, 6) is -3.94. The number of pyridine rings is 1. The summed E-state index contributed by atoms with van der Waals surface area (Å²) in [5, 5.41) is 34.1. The Morgan fingerprint density at radius 1 is 0.885 bits per heavy atom. The average molecular weight is 1240 g/mol. The molecule has 466 valence electrons. The Morgan fingerprint density at radius 3 is 2.34 bits per heavy atom. The van der Waals surface area contributed by atoms with Gasteiger partial charge in [0.2, 0.25) is 17.7 Å². The Kier molecular flexibility index (Phi) is 23.1. The van der Waals surface area contributed by atoms with Gasteiger partial charge in [-0.1, -0.05) is 39.8 Å². The van der Waals surface area contributed by atoms with Crippen LogP contribution < -0.4 is 52.4 Å². The van der Waals surface area contributed by atoms with Crippen LogP contribution >= 0.6 is 21.6 Å². The predicted molar refractivity (Wildman–Crippen MR) is 334 cm³/mol. The van der Waals surface area contributed by atoms with Crippen LogP contribution in [-0.2, 0) is 41.7 Å². The largest absolute Gasteiger partial charge is 0.515 e. The van der Waals surface area contributed by atoms with E-state index in [4.69, 9.17) is 24.7 Å². The minimum atomic E-state index is -1.46. The van der Waals surface area contributed by atoms with E-state index in [1.807, 2.05) is 26.0 Å². The van der Waals surface area contributed by atoms with Gasteiger partial charge in [-0.05, 0) is 123 Å². The molecule has 10 N–H and O–H groups in total. The van der Waals surface area contributed by atoms with Gasteiger partial charge >= 0.3 is 18.1 Å². The molecule has 3 atom stereocenters. The summed E-state index contributed by atoms with van der Waals surface area (Å²) in [6.45, 7) is 14.5. The van der Waals surface area contributed by atoms with Crippen LogP contribution in [-0.4, -0.2) is 174 Å². The first kappa shape index (κ1) is 64.9. The van der Waals surface area contributed by atoms with Gasteiger partial charge < -0.3 is 71.3 Å². The van der Waals surface area contributed by atoms with Gasteiger partial charge in [0, 0.05) is 124 Å². The first-order valence-corrected chi connectivity index (χ1v) is 31.3. The Labute approximate surface area is 512 Å². The maximum atomic E-state index is 14.5. The standard InChI is InChI=1S/C60H76N12O13S2/c1-6-72(43-16-20-82-21-17-43)49-29-41(40-9-7-8-38(27-40)33-71-18-22-83-23-19-71)28-45(37(49)4)54(75)64-32-46-35(2)26-36(3)65-56(46)85-60(81)84-24-25-86-87-34-48(58(79)80)66-50(73)15-14-47(57(77)78)67-53(74)39-10-12-42(13-11-39)62-30-44-31-63-52-51(70(44)5)55(76)69-59(61)68-52/h7-13,26-29,43-44,47-48,62H,6,14-25,30-34H2,1-5H3,(H,64,75)(H,66,73)(H,67,74)(H,77,78)(H,79,80)(H4,61,63,68,69,76). The zero-order valence-electron chi connectivity index (χ0n) is 49.4. The van der Waals surface area contributed by atoms with Crippen molar-refractivity contribution in [2.75, 3.05) is 110 Å². The predicted octanol–water partition coefficient (Wildman–Crippen LogP) is 5.58. The lowest BCUT2D eigenvalue weighted by Crippen LogP contribution is -2.48. The number of aromatic nitrogens is 3. The van der Waals surface area contributed by atoms with Crippen molar-refractivity contribution < 1.29 is 57.9 Å². The molecule has 0 aliphatic carbocycles. The fourth-order valence-corrected chi connectivity index (χ4v) is 12.6. The molecule has 3 amide bonds. The zero-order valence-corrected chi connectivity index (χ0v) is 51.0. The summed E-state index contributed by atoms with van der Waals surface area (Å²) in [4.78, 5) is 108. The number of carboxylic acids is 2. The van der Waals surface area contributed by atoms with Gasteiger partial charge in [-0.2, -0.15) is 4.98 Å². The number of rotatable bonds is 27. The summed E-state index contributed by atoms with van der Waals surface area (Å²) in [5.41, 5.74) is 13.7. The maximum absolute atomic E-state index is 14.5. The van der Waals surface area contributed by atoms with E-state index in [9.17, 15) is 43.8 Å². The van der Waals surface area contributed by atoms with E-state index in [-0.39, 0.29) is 72.0 Å². The van der Waals surface area contributed by atoms with Crippen LogP contribution in [0.25, 0.3) is 11.1 Å². The third-order valence-corrected chi connectivity index (χ3v) is 17.7. The van der Waals surface area contributed by atoms with Crippen LogP contribution in [0.4, 0.5) is 33.6 Å². The molecule has 27 heteroatoms. The second kappa shape index (κ2) is 31.0. The molecule has 87 heavy (non-hydrogen) atoms. The first-order chi connectivity index (χ1) is 41.8. The number of ether oxygens (including phenoxy) is 4. The van der Waals surface area contributed by atoms with Crippen LogP contribution in [0.5, 0.6) is 5.88 Å². The normalized spacial score (nSPS) is 15.9. The Morgan fingerprint density at radius 2 is 1.62 bits per heavy atom. The van der Waals surface area contributed by atoms with E-state index in [0.717, 1.165) is 77.8 Å². The molecule has 0 bridgehead atoms. The number of nitrogens with two attached hydrogens (primary N) is 1. The molecule has 2 fully saturated rings. The van der Waals surface area contributed by atoms with Crippen molar-refractivity contribution in [3.8, 4) is 17.0 Å². The van der Waals surface area contributed by atoms with Crippen molar-refractivity contribution in [2.45, 2.75) is 90.6 Å². The number of nitrogens with zero attached hydrogens (tertiary/aromatic N) is 5. The molecule has 3 aliphatic rings. The highest BCUT2D eigenvalue weighted by molar-refractivity contribution is 8.76. The first-order valence-electron chi connectivity index (χ1n) is 28.8. The number of anilines is 5. The molecule has 0 saturated carbocycles. The van der Waals surface area contributed by atoms with Gasteiger partial charge in [0.05, 0.1) is 19.3 Å². The third kappa shape index (κ3) is 17.8. The number of likely N-dealkylation sites (N-methyl/N-ethyl adjacent to an activating group) is 1. The van der Waals surface area contributed by atoms with Crippen molar-refractivity contribution in [1.29, 1.82) is 0 Å². The highest BCUT2D eigenvalue weighted by Crippen LogP contribution is 2.35. The number of aromatic amines is 1. The van der Waals surface area contributed by atoms with E-state index in [2.05, 4.69) is 88.6 Å². The lowest BCUT2D eigenvalue weighted by Gasteiger charge is -2.37. The lowest BCUT2D eigenvalue weighted by atomic mass is 9.94. The maximum Gasteiger partial charge on any atom is 0.515 e. The Hall–Kier alpha value is -8.11. The van der Waals surface area contributed by atoms with E-state index in [1.165, 1.54) is 28.5 Å². The number of benzene rings is 3. The number of aliphatic carboxylic acids is 2. The molecule has 25 nitrogen and oxygen atoms in total. The summed E-state index contributed by atoms with van der Waals surface area (Å²) >= 11 is 0. The quantitative estimate of drug-likeness (QED) is 0.0176. The number of hydrogen-bond acceptors (Lipinski definition) is 21. The smallest absolute Gasteiger partial charge is 0.480 e. The number of hydrogen-bond donors (Lipinski definition) is 9. The van der Waals surface area contributed by atoms with Gasteiger partial charge in [-0.15, -0.1) is 0 Å².